The fourth-order valence-electron chi connectivity index (χ4n) is 3.09. The maximum absolute atomic E-state index is 12.5. The Morgan fingerprint density at radius 2 is 1.69 bits per heavy atom. The quantitative estimate of drug-likeness (QED) is 0.581. The van der Waals surface area contributed by atoms with Crippen LogP contribution in [0.25, 0.3) is 22.4 Å². The first kappa shape index (κ1) is 16.4. The van der Waals surface area contributed by atoms with E-state index in [2.05, 4.69) is 0 Å². The molecule has 1 aliphatic rings. The van der Waals surface area contributed by atoms with Gasteiger partial charge in [-0.05, 0) is 40.1 Å². The Kier molecular flexibility index (Phi) is 4.23. The number of benzene rings is 3. The molecule has 3 aromatic rings. The molecule has 4 heteroatoms. The van der Waals surface area contributed by atoms with Gasteiger partial charge >= 0.3 is 5.97 Å². The predicted octanol–water partition coefficient (Wildman–Crippen LogP) is 5.45. The zero-order valence-electron chi connectivity index (χ0n) is 14.0. The van der Waals surface area contributed by atoms with Crippen LogP contribution >= 0.6 is 11.6 Å². The number of esters is 1. The maximum Gasteiger partial charge on any atom is 0.348 e. The highest BCUT2D eigenvalue weighted by Crippen LogP contribution is 2.35. The van der Waals surface area contributed by atoms with Crippen LogP contribution in [0.15, 0.2) is 78.2 Å². The van der Waals surface area contributed by atoms with Gasteiger partial charge in [-0.25, -0.2) is 4.79 Å². The summed E-state index contributed by atoms with van der Waals surface area (Å²) in [6.07, 6.45) is 1.84. The normalized spacial score (nSPS) is 15.6. The molecule has 0 N–H and O–H groups in total. The Balaban J connectivity index is 1.85. The van der Waals surface area contributed by atoms with Gasteiger partial charge in [0.2, 0.25) is 0 Å². The number of carbonyl (C=O) groups is 1. The van der Waals surface area contributed by atoms with Gasteiger partial charge in [-0.15, -0.1) is 0 Å². The van der Waals surface area contributed by atoms with Crippen LogP contribution < -0.4 is 0 Å². The molecule has 1 aliphatic heterocycles. The average Bonchev–Trinajstić information content (AvgIpc) is 2.98. The Morgan fingerprint density at radius 1 is 0.962 bits per heavy atom. The fraction of sp³-hybridized carbons (Fsp3) is 0.0455. The van der Waals surface area contributed by atoms with Crippen LogP contribution in [0.2, 0.25) is 5.02 Å². The van der Waals surface area contributed by atoms with Gasteiger partial charge in [0.15, 0.2) is 11.5 Å². The van der Waals surface area contributed by atoms with Crippen molar-refractivity contribution in [2.24, 2.45) is 0 Å². The Labute approximate surface area is 156 Å². The second kappa shape index (κ2) is 6.70. The fourth-order valence-corrected chi connectivity index (χ4v) is 3.22. The van der Waals surface area contributed by atoms with E-state index >= 15 is 0 Å². The molecular formula is C22H15ClO3. The van der Waals surface area contributed by atoms with Gasteiger partial charge in [0, 0.05) is 5.02 Å². The first-order chi connectivity index (χ1) is 12.7. The van der Waals surface area contributed by atoms with Crippen LogP contribution in [0.5, 0.6) is 0 Å². The third-order valence-corrected chi connectivity index (χ3v) is 4.56. The molecule has 4 rings (SSSR count). The molecule has 0 unspecified atom stereocenters. The van der Waals surface area contributed by atoms with E-state index < -0.39 is 5.97 Å². The van der Waals surface area contributed by atoms with Crippen molar-refractivity contribution in [1.82, 2.24) is 0 Å². The molecule has 0 saturated carbocycles. The highest BCUT2D eigenvalue weighted by atomic mass is 35.5. The van der Waals surface area contributed by atoms with E-state index in [1.807, 2.05) is 48.5 Å². The summed E-state index contributed by atoms with van der Waals surface area (Å²) in [6, 6.07) is 21.1. The summed E-state index contributed by atoms with van der Waals surface area (Å²) in [5.74, 6) is 0.389. The van der Waals surface area contributed by atoms with Crippen LogP contribution in [-0.4, -0.2) is 13.1 Å². The van der Waals surface area contributed by atoms with Crippen LogP contribution in [-0.2, 0) is 14.3 Å². The van der Waals surface area contributed by atoms with Gasteiger partial charge < -0.3 is 9.47 Å². The van der Waals surface area contributed by atoms with Crippen molar-refractivity contribution in [3.63, 3.8) is 0 Å². The van der Waals surface area contributed by atoms with Crippen molar-refractivity contribution in [3.05, 3.63) is 94.4 Å². The van der Waals surface area contributed by atoms with E-state index in [4.69, 9.17) is 21.1 Å². The molecule has 0 aliphatic carbocycles. The van der Waals surface area contributed by atoms with Crippen molar-refractivity contribution in [2.75, 3.05) is 7.11 Å². The predicted molar refractivity (Wildman–Crippen MR) is 103 cm³/mol. The van der Waals surface area contributed by atoms with Crippen LogP contribution in [0.1, 0.15) is 11.1 Å². The number of rotatable bonds is 3. The molecule has 0 bridgehead atoms. The molecule has 0 fully saturated rings. The van der Waals surface area contributed by atoms with Crippen molar-refractivity contribution >= 4 is 40.0 Å². The van der Waals surface area contributed by atoms with Gasteiger partial charge in [-0.1, -0.05) is 66.2 Å². The Morgan fingerprint density at radius 3 is 2.46 bits per heavy atom. The van der Waals surface area contributed by atoms with E-state index in [1.54, 1.807) is 24.3 Å². The number of carbonyl (C=O) groups excluding carboxylic acids is 1. The zero-order valence-corrected chi connectivity index (χ0v) is 14.8. The van der Waals surface area contributed by atoms with E-state index in [9.17, 15) is 4.79 Å². The van der Waals surface area contributed by atoms with Crippen molar-refractivity contribution in [1.29, 1.82) is 0 Å². The molecule has 1 heterocycles. The number of methoxy groups -OCH3 is 1. The third-order valence-electron chi connectivity index (χ3n) is 4.30. The van der Waals surface area contributed by atoms with Crippen molar-refractivity contribution < 1.29 is 14.3 Å². The van der Waals surface area contributed by atoms with Crippen LogP contribution in [0, 0.1) is 0 Å². The van der Waals surface area contributed by atoms with Gasteiger partial charge in [-0.2, -0.15) is 0 Å². The molecule has 0 spiro atoms. The molecule has 128 valence electrons. The smallest absolute Gasteiger partial charge is 0.348 e. The summed E-state index contributed by atoms with van der Waals surface area (Å²) in [4.78, 5) is 12.5. The standard InChI is InChI=1S/C22H15ClO3/c1-25-21-19(13-16-7-4-6-14-5-2-3-8-18(14)16)26-22(24)20(21)15-9-11-17(23)12-10-15/h2-13H,1H3. The maximum atomic E-state index is 12.5. The van der Waals surface area contributed by atoms with E-state index in [1.165, 1.54) is 7.11 Å². The first-order valence-corrected chi connectivity index (χ1v) is 8.51. The van der Waals surface area contributed by atoms with E-state index in [0.717, 1.165) is 16.3 Å². The number of cyclic esters (lactones) is 1. The van der Waals surface area contributed by atoms with Gasteiger partial charge in [-0.3, -0.25) is 0 Å². The lowest BCUT2D eigenvalue weighted by molar-refractivity contribution is -0.131. The van der Waals surface area contributed by atoms with Gasteiger partial charge in [0.05, 0.1) is 7.11 Å². The lowest BCUT2D eigenvalue weighted by Crippen LogP contribution is -1.98. The summed E-state index contributed by atoms with van der Waals surface area (Å²) in [5.41, 5.74) is 2.06. The summed E-state index contributed by atoms with van der Waals surface area (Å²) in [5, 5.41) is 2.80. The number of halogens is 1. The monoisotopic (exact) mass is 362 g/mol. The molecule has 0 saturated heterocycles. The number of fused-ring (bicyclic) bond motifs is 1. The lowest BCUT2D eigenvalue weighted by Gasteiger charge is -2.06. The second-order valence-electron chi connectivity index (χ2n) is 5.88. The highest BCUT2D eigenvalue weighted by Gasteiger charge is 2.32. The third kappa shape index (κ3) is 2.87. The molecule has 0 amide bonds. The molecule has 0 atom stereocenters. The summed E-state index contributed by atoms with van der Waals surface area (Å²) >= 11 is 5.94. The lowest BCUT2D eigenvalue weighted by atomic mass is 10.0. The molecule has 0 radical (unpaired) electrons. The number of ether oxygens (including phenoxy) is 2. The number of hydrogen-bond acceptors (Lipinski definition) is 3. The minimum Gasteiger partial charge on any atom is -0.492 e. The summed E-state index contributed by atoms with van der Waals surface area (Å²) in [7, 11) is 1.53. The molecular weight excluding hydrogens is 348 g/mol. The Hall–Kier alpha value is -3.04. The van der Waals surface area contributed by atoms with Gasteiger partial charge in [0.25, 0.3) is 0 Å². The minimum absolute atomic E-state index is 0.399. The summed E-state index contributed by atoms with van der Waals surface area (Å²) < 4.78 is 11.0. The van der Waals surface area contributed by atoms with E-state index in [-0.39, 0.29) is 0 Å². The summed E-state index contributed by atoms with van der Waals surface area (Å²) in [6.45, 7) is 0. The molecule has 26 heavy (non-hydrogen) atoms. The van der Waals surface area contributed by atoms with E-state index in [0.29, 0.717) is 27.7 Å². The highest BCUT2D eigenvalue weighted by molar-refractivity contribution is 6.30. The van der Waals surface area contributed by atoms with Crippen molar-refractivity contribution in [3.8, 4) is 0 Å². The number of hydrogen-bond donors (Lipinski definition) is 0. The van der Waals surface area contributed by atoms with Gasteiger partial charge in [0.1, 0.15) is 5.57 Å². The first-order valence-electron chi connectivity index (χ1n) is 8.13. The average molecular weight is 363 g/mol. The second-order valence-corrected chi connectivity index (χ2v) is 6.32. The topological polar surface area (TPSA) is 35.5 Å². The zero-order chi connectivity index (χ0) is 18.1. The molecule has 0 aromatic heterocycles. The largest absolute Gasteiger partial charge is 0.492 e. The van der Waals surface area contributed by atoms with Crippen LogP contribution in [0.3, 0.4) is 0 Å². The SMILES string of the molecule is COC1=C(c2ccc(Cl)cc2)C(=O)OC1=Cc1cccc2ccccc12. The molecule has 3 nitrogen and oxygen atoms in total. The Bertz CT molecular complexity index is 1060. The van der Waals surface area contributed by atoms with Crippen LogP contribution in [0.4, 0.5) is 0 Å². The molecule has 3 aromatic carbocycles. The van der Waals surface area contributed by atoms with Crippen molar-refractivity contribution in [2.45, 2.75) is 0 Å². The minimum atomic E-state index is -0.435.